The van der Waals surface area contributed by atoms with E-state index in [0.717, 1.165) is 5.56 Å². The van der Waals surface area contributed by atoms with Gasteiger partial charge in [-0.1, -0.05) is 16.4 Å². The van der Waals surface area contributed by atoms with E-state index in [1.165, 1.54) is 11.3 Å². The summed E-state index contributed by atoms with van der Waals surface area (Å²) in [5, 5.41) is 7.98. The molecule has 0 spiro atoms. The van der Waals surface area contributed by atoms with Gasteiger partial charge in [0.25, 0.3) is 5.19 Å². The fourth-order valence-electron chi connectivity index (χ4n) is 1.23. The van der Waals surface area contributed by atoms with Crippen LogP contribution in [0.25, 0.3) is 0 Å². The van der Waals surface area contributed by atoms with E-state index in [2.05, 4.69) is 10.2 Å². The molecule has 0 saturated carbocycles. The highest BCUT2D eigenvalue weighted by Gasteiger charge is 2.04. The van der Waals surface area contributed by atoms with Gasteiger partial charge in [0, 0.05) is 12.6 Å². The number of rotatable bonds is 4. The maximum Gasteiger partial charge on any atom is 0.299 e. The Hall–Kier alpha value is -1.66. The average Bonchev–Trinajstić information content (AvgIpc) is 2.81. The molecule has 5 nitrogen and oxygen atoms in total. The summed E-state index contributed by atoms with van der Waals surface area (Å²) in [6.45, 7) is 0.434. The summed E-state index contributed by atoms with van der Waals surface area (Å²) < 4.78 is 10.7. The molecule has 0 fully saturated rings. The summed E-state index contributed by atoms with van der Waals surface area (Å²) in [5.74, 6) is 1.36. The van der Waals surface area contributed by atoms with Crippen molar-refractivity contribution < 1.29 is 9.47 Å². The number of benzene rings is 1. The van der Waals surface area contributed by atoms with Crippen molar-refractivity contribution in [3.8, 4) is 16.7 Å². The summed E-state index contributed by atoms with van der Waals surface area (Å²) in [7, 11) is 1.60. The van der Waals surface area contributed by atoms with Crippen molar-refractivity contribution in [3.63, 3.8) is 0 Å². The third-order valence-corrected chi connectivity index (χ3v) is 2.52. The normalized spacial score (nSPS) is 10.1. The molecule has 0 atom stereocenters. The predicted molar refractivity (Wildman–Crippen MR) is 60.9 cm³/mol. The first-order valence-electron chi connectivity index (χ1n) is 4.64. The highest BCUT2D eigenvalue weighted by atomic mass is 32.1. The van der Waals surface area contributed by atoms with Crippen LogP contribution in [-0.2, 0) is 6.54 Å². The Morgan fingerprint density at radius 1 is 1.31 bits per heavy atom. The minimum atomic E-state index is 0.434. The van der Waals surface area contributed by atoms with E-state index in [0.29, 0.717) is 23.2 Å². The molecule has 0 unspecified atom stereocenters. The Kier molecular flexibility index (Phi) is 3.33. The number of nitrogens with zero attached hydrogens (tertiary/aromatic N) is 2. The first kappa shape index (κ1) is 10.8. The third-order valence-electron chi connectivity index (χ3n) is 1.96. The van der Waals surface area contributed by atoms with Gasteiger partial charge in [0.15, 0.2) is 0 Å². The summed E-state index contributed by atoms with van der Waals surface area (Å²) in [4.78, 5) is 0. The lowest BCUT2D eigenvalue weighted by atomic mass is 10.2. The zero-order valence-corrected chi connectivity index (χ0v) is 9.53. The summed E-state index contributed by atoms with van der Waals surface area (Å²) in [6.07, 6.45) is 0. The van der Waals surface area contributed by atoms with Crippen LogP contribution in [0.15, 0.2) is 23.7 Å². The van der Waals surface area contributed by atoms with Crippen molar-refractivity contribution in [2.75, 3.05) is 7.11 Å². The molecule has 2 rings (SSSR count). The zero-order chi connectivity index (χ0) is 11.4. The fraction of sp³-hybridized carbons (Fsp3) is 0.200. The highest BCUT2D eigenvalue weighted by molar-refractivity contribution is 7.11. The molecule has 0 aliphatic rings. The minimum Gasteiger partial charge on any atom is -0.497 e. The van der Waals surface area contributed by atoms with Gasteiger partial charge in [0.05, 0.1) is 7.11 Å². The van der Waals surface area contributed by atoms with Crippen LogP contribution in [0, 0.1) is 0 Å². The van der Waals surface area contributed by atoms with E-state index >= 15 is 0 Å². The maximum atomic E-state index is 5.58. The molecule has 2 N–H and O–H groups in total. The van der Waals surface area contributed by atoms with Crippen LogP contribution in [0.2, 0.25) is 0 Å². The predicted octanol–water partition coefficient (Wildman–Crippen LogP) is 1.80. The monoisotopic (exact) mass is 237 g/mol. The quantitative estimate of drug-likeness (QED) is 0.878. The van der Waals surface area contributed by atoms with Gasteiger partial charge in [-0.05, 0) is 17.7 Å². The van der Waals surface area contributed by atoms with E-state index in [1.54, 1.807) is 18.7 Å². The van der Waals surface area contributed by atoms with Gasteiger partial charge in [-0.3, -0.25) is 0 Å². The van der Waals surface area contributed by atoms with Gasteiger partial charge in [-0.15, -0.1) is 5.10 Å². The molecule has 0 saturated heterocycles. The molecule has 0 bridgehead atoms. The molecule has 1 heterocycles. The molecule has 84 valence electrons. The second-order valence-electron chi connectivity index (χ2n) is 3.03. The molecule has 1 aromatic heterocycles. The lowest BCUT2D eigenvalue weighted by Crippen LogP contribution is -1.97. The van der Waals surface area contributed by atoms with Gasteiger partial charge >= 0.3 is 0 Å². The summed E-state index contributed by atoms with van der Waals surface area (Å²) >= 11 is 1.33. The molecule has 0 radical (unpaired) electrons. The number of hydrogen-bond donors (Lipinski definition) is 1. The second-order valence-corrected chi connectivity index (χ2v) is 3.82. The Morgan fingerprint density at radius 2 is 2.12 bits per heavy atom. The topological polar surface area (TPSA) is 70.3 Å². The smallest absolute Gasteiger partial charge is 0.299 e. The van der Waals surface area contributed by atoms with Crippen LogP contribution in [0.5, 0.6) is 16.7 Å². The summed E-state index contributed by atoms with van der Waals surface area (Å²) in [5.41, 5.74) is 8.13. The van der Waals surface area contributed by atoms with E-state index in [-0.39, 0.29) is 0 Å². The van der Waals surface area contributed by atoms with Crippen LogP contribution in [0.3, 0.4) is 0 Å². The molecule has 0 aliphatic heterocycles. The number of ether oxygens (including phenoxy) is 2. The molecule has 1 aromatic carbocycles. The zero-order valence-electron chi connectivity index (χ0n) is 8.71. The van der Waals surface area contributed by atoms with Crippen molar-refractivity contribution in [1.29, 1.82) is 0 Å². The number of hydrogen-bond acceptors (Lipinski definition) is 6. The summed E-state index contributed by atoms with van der Waals surface area (Å²) in [6, 6.07) is 5.50. The first-order valence-corrected chi connectivity index (χ1v) is 5.52. The Balaban J connectivity index is 2.26. The SMILES string of the molecule is COc1cc(CN)cc(Oc2nncs2)c1. The molecule has 0 aliphatic carbocycles. The molecule has 0 amide bonds. The van der Waals surface area contributed by atoms with E-state index in [9.17, 15) is 0 Å². The van der Waals surface area contributed by atoms with Crippen LogP contribution >= 0.6 is 11.3 Å². The largest absolute Gasteiger partial charge is 0.497 e. The minimum absolute atomic E-state index is 0.434. The standard InChI is InChI=1S/C10H11N3O2S/c1-14-8-2-7(5-11)3-9(4-8)15-10-13-12-6-16-10/h2-4,6H,5,11H2,1H3. The average molecular weight is 237 g/mol. The lowest BCUT2D eigenvalue weighted by molar-refractivity contribution is 0.407. The number of nitrogens with two attached hydrogens (primary N) is 1. The van der Waals surface area contributed by atoms with Crippen LogP contribution in [-0.4, -0.2) is 17.3 Å². The van der Waals surface area contributed by atoms with Gasteiger partial charge in [-0.25, -0.2) is 0 Å². The molecule has 2 aromatic rings. The Morgan fingerprint density at radius 3 is 2.75 bits per heavy atom. The van der Waals surface area contributed by atoms with Crippen LogP contribution in [0.4, 0.5) is 0 Å². The van der Waals surface area contributed by atoms with Gasteiger partial charge < -0.3 is 15.2 Å². The van der Waals surface area contributed by atoms with E-state index < -0.39 is 0 Å². The van der Waals surface area contributed by atoms with Crippen LogP contribution in [0.1, 0.15) is 5.56 Å². The van der Waals surface area contributed by atoms with Crippen molar-refractivity contribution in [1.82, 2.24) is 10.2 Å². The van der Waals surface area contributed by atoms with Gasteiger partial charge in [0.2, 0.25) is 0 Å². The third kappa shape index (κ3) is 2.47. The Labute approximate surface area is 96.8 Å². The second kappa shape index (κ2) is 4.91. The highest BCUT2D eigenvalue weighted by Crippen LogP contribution is 2.27. The van der Waals surface area contributed by atoms with Crippen molar-refractivity contribution in [2.24, 2.45) is 5.73 Å². The maximum absolute atomic E-state index is 5.58. The van der Waals surface area contributed by atoms with E-state index in [1.807, 2.05) is 12.1 Å². The van der Waals surface area contributed by atoms with Gasteiger partial charge in [0.1, 0.15) is 17.0 Å². The van der Waals surface area contributed by atoms with Crippen LogP contribution < -0.4 is 15.2 Å². The van der Waals surface area contributed by atoms with E-state index in [4.69, 9.17) is 15.2 Å². The number of methoxy groups -OCH3 is 1. The molecular weight excluding hydrogens is 226 g/mol. The number of aromatic nitrogens is 2. The lowest BCUT2D eigenvalue weighted by Gasteiger charge is -2.07. The molecular formula is C10H11N3O2S. The molecule has 6 heteroatoms. The fourth-order valence-corrected chi connectivity index (χ4v) is 1.66. The van der Waals surface area contributed by atoms with Crippen molar-refractivity contribution in [3.05, 3.63) is 29.3 Å². The first-order chi connectivity index (χ1) is 7.81. The van der Waals surface area contributed by atoms with Crippen molar-refractivity contribution in [2.45, 2.75) is 6.54 Å². The van der Waals surface area contributed by atoms with Crippen molar-refractivity contribution >= 4 is 11.3 Å². The van der Waals surface area contributed by atoms with Gasteiger partial charge in [-0.2, -0.15) is 0 Å². The Bertz CT molecular complexity index is 437. The molecule has 16 heavy (non-hydrogen) atoms.